The van der Waals surface area contributed by atoms with Gasteiger partial charge in [-0.15, -0.1) is 15.8 Å². The molecule has 0 amide bonds. The van der Waals surface area contributed by atoms with Crippen LogP contribution in [-0.4, -0.2) is 48.0 Å². The molecule has 0 bridgehead atoms. The summed E-state index contributed by atoms with van der Waals surface area (Å²) in [4.78, 5) is 0. The number of hydrogen-bond donors (Lipinski definition) is 1. The van der Waals surface area contributed by atoms with E-state index in [0.717, 1.165) is 22.6 Å². The molecule has 0 aromatic carbocycles. The van der Waals surface area contributed by atoms with Crippen molar-refractivity contribution >= 4 is 15.8 Å². The SMILES string of the molecule is CC(C)P(CCNCCP(C(C)C)C(C)C)C(C)C. The van der Waals surface area contributed by atoms with Gasteiger partial charge in [-0.2, -0.15) is 0 Å². The van der Waals surface area contributed by atoms with Crippen molar-refractivity contribution in [1.29, 1.82) is 0 Å². The van der Waals surface area contributed by atoms with Gasteiger partial charge < -0.3 is 5.32 Å². The van der Waals surface area contributed by atoms with Crippen LogP contribution in [0, 0.1) is 0 Å². The minimum Gasteiger partial charge on any atom is -0.316 e. The minimum atomic E-state index is 0.207. The Labute approximate surface area is 125 Å². The van der Waals surface area contributed by atoms with Gasteiger partial charge in [0.2, 0.25) is 0 Å². The first kappa shape index (κ1) is 19.8. The molecule has 1 N–H and O–H groups in total. The third-order valence-corrected chi connectivity index (χ3v) is 10.5. The predicted octanol–water partition coefficient (Wildman–Crippen LogP) is 5.17. The first-order chi connectivity index (χ1) is 8.77. The largest absolute Gasteiger partial charge is 0.316 e. The van der Waals surface area contributed by atoms with Crippen LogP contribution in [-0.2, 0) is 0 Å². The lowest BCUT2D eigenvalue weighted by Gasteiger charge is -2.27. The molecule has 0 atom stereocenters. The van der Waals surface area contributed by atoms with Crippen molar-refractivity contribution in [2.24, 2.45) is 0 Å². The standard InChI is InChI=1S/C16H37NP2/c1-13(2)18(14(3)4)11-9-17-10-12-19(15(5)6)16(7)8/h13-17H,9-12H2,1-8H3. The lowest BCUT2D eigenvalue weighted by Crippen LogP contribution is -2.24. The Morgan fingerprint density at radius 3 is 1.05 bits per heavy atom. The molecule has 0 aromatic heterocycles. The van der Waals surface area contributed by atoms with Crippen molar-refractivity contribution in [2.75, 3.05) is 25.4 Å². The van der Waals surface area contributed by atoms with Gasteiger partial charge in [0.1, 0.15) is 0 Å². The first-order valence-electron chi connectivity index (χ1n) is 7.99. The molecule has 116 valence electrons. The maximum atomic E-state index is 3.70. The van der Waals surface area contributed by atoms with E-state index in [-0.39, 0.29) is 15.8 Å². The van der Waals surface area contributed by atoms with Gasteiger partial charge in [0.05, 0.1) is 0 Å². The molecule has 0 saturated heterocycles. The molecule has 0 rings (SSSR count). The Bertz CT molecular complexity index is 177. The van der Waals surface area contributed by atoms with Crippen molar-refractivity contribution in [3.05, 3.63) is 0 Å². The highest BCUT2D eigenvalue weighted by Gasteiger charge is 2.17. The molecule has 1 nitrogen and oxygen atoms in total. The van der Waals surface area contributed by atoms with Crippen molar-refractivity contribution < 1.29 is 0 Å². The summed E-state index contributed by atoms with van der Waals surface area (Å²) in [7, 11) is 0.415. The van der Waals surface area contributed by atoms with E-state index in [1.807, 2.05) is 0 Å². The predicted molar refractivity (Wildman–Crippen MR) is 97.0 cm³/mol. The Morgan fingerprint density at radius 1 is 0.579 bits per heavy atom. The van der Waals surface area contributed by atoms with E-state index in [4.69, 9.17) is 0 Å². The summed E-state index contributed by atoms with van der Waals surface area (Å²) in [5.74, 6) is 0. The molecule has 0 fully saturated rings. The van der Waals surface area contributed by atoms with Crippen LogP contribution >= 0.6 is 15.8 Å². The van der Waals surface area contributed by atoms with E-state index in [0.29, 0.717) is 0 Å². The molecule has 19 heavy (non-hydrogen) atoms. The second-order valence-electron chi connectivity index (χ2n) is 6.60. The zero-order valence-electron chi connectivity index (χ0n) is 14.5. The summed E-state index contributed by atoms with van der Waals surface area (Å²) in [6, 6.07) is 0. The van der Waals surface area contributed by atoms with E-state index < -0.39 is 0 Å². The van der Waals surface area contributed by atoms with Gasteiger partial charge in [0.15, 0.2) is 0 Å². The molecule has 0 aromatic rings. The van der Waals surface area contributed by atoms with Gasteiger partial charge in [-0.3, -0.25) is 0 Å². The summed E-state index contributed by atoms with van der Waals surface area (Å²) in [6.45, 7) is 21.6. The molecule has 0 spiro atoms. The maximum absolute atomic E-state index is 3.70. The highest BCUT2D eigenvalue weighted by molar-refractivity contribution is 7.59. The molecule has 0 aliphatic heterocycles. The number of hydrogen-bond acceptors (Lipinski definition) is 1. The second kappa shape index (κ2) is 10.5. The maximum Gasteiger partial charge on any atom is -0.000917 e. The third-order valence-electron chi connectivity index (χ3n) is 3.75. The lowest BCUT2D eigenvalue weighted by atomic mass is 10.5. The molecular formula is C16H37NP2. The Kier molecular flexibility index (Phi) is 11.0. The van der Waals surface area contributed by atoms with Crippen LogP contribution in [0.1, 0.15) is 55.4 Å². The molecule has 3 heteroatoms. The molecule has 0 aliphatic rings. The van der Waals surface area contributed by atoms with E-state index >= 15 is 0 Å². The fourth-order valence-corrected chi connectivity index (χ4v) is 8.05. The zero-order valence-corrected chi connectivity index (χ0v) is 16.3. The van der Waals surface area contributed by atoms with Gasteiger partial charge in [0, 0.05) is 0 Å². The molecule has 0 heterocycles. The zero-order chi connectivity index (χ0) is 15.0. The smallest absolute Gasteiger partial charge is 0.000917 e. The van der Waals surface area contributed by atoms with E-state index in [2.05, 4.69) is 60.7 Å². The van der Waals surface area contributed by atoms with Gasteiger partial charge >= 0.3 is 0 Å². The normalized spacial score (nSPS) is 12.9. The van der Waals surface area contributed by atoms with E-state index in [9.17, 15) is 0 Å². The molecular weight excluding hydrogens is 268 g/mol. The van der Waals surface area contributed by atoms with Crippen LogP contribution in [0.15, 0.2) is 0 Å². The lowest BCUT2D eigenvalue weighted by molar-refractivity contribution is 0.760. The molecule has 0 saturated carbocycles. The number of nitrogens with one attached hydrogen (secondary N) is 1. The van der Waals surface area contributed by atoms with Crippen LogP contribution in [0.5, 0.6) is 0 Å². The first-order valence-corrected chi connectivity index (χ1v) is 11.3. The highest BCUT2D eigenvalue weighted by Crippen LogP contribution is 2.46. The number of rotatable bonds is 10. The van der Waals surface area contributed by atoms with Crippen LogP contribution in [0.2, 0.25) is 0 Å². The Hall–Kier alpha value is 0.820. The Morgan fingerprint density at radius 2 is 0.842 bits per heavy atom. The fourth-order valence-electron chi connectivity index (χ4n) is 2.77. The summed E-state index contributed by atoms with van der Waals surface area (Å²) in [6.07, 6.45) is 2.79. The van der Waals surface area contributed by atoms with Crippen LogP contribution in [0.25, 0.3) is 0 Å². The van der Waals surface area contributed by atoms with Crippen molar-refractivity contribution in [2.45, 2.75) is 78.0 Å². The third kappa shape index (κ3) is 8.64. The van der Waals surface area contributed by atoms with Gasteiger partial charge in [0.25, 0.3) is 0 Å². The summed E-state index contributed by atoms with van der Waals surface area (Å²) in [5, 5.41) is 3.70. The average Bonchev–Trinajstić information content (AvgIpc) is 2.25. The van der Waals surface area contributed by atoms with E-state index in [1.54, 1.807) is 0 Å². The quantitative estimate of drug-likeness (QED) is 0.433. The van der Waals surface area contributed by atoms with Crippen LogP contribution < -0.4 is 5.32 Å². The molecule has 0 aliphatic carbocycles. The van der Waals surface area contributed by atoms with Gasteiger partial charge in [-0.05, 0) is 48.0 Å². The summed E-state index contributed by atoms with van der Waals surface area (Å²) >= 11 is 0. The van der Waals surface area contributed by atoms with Crippen molar-refractivity contribution in [3.8, 4) is 0 Å². The van der Waals surface area contributed by atoms with Gasteiger partial charge in [-0.1, -0.05) is 55.4 Å². The topological polar surface area (TPSA) is 12.0 Å². The average molecular weight is 305 g/mol. The van der Waals surface area contributed by atoms with Gasteiger partial charge in [-0.25, -0.2) is 0 Å². The van der Waals surface area contributed by atoms with Crippen LogP contribution in [0.3, 0.4) is 0 Å². The minimum absolute atomic E-state index is 0.207. The monoisotopic (exact) mass is 305 g/mol. The molecule has 0 unspecified atom stereocenters. The fraction of sp³-hybridized carbons (Fsp3) is 1.00. The molecule has 0 radical (unpaired) electrons. The second-order valence-corrected chi connectivity index (χ2v) is 13.7. The summed E-state index contributed by atoms with van der Waals surface area (Å²) in [5.41, 5.74) is 3.50. The van der Waals surface area contributed by atoms with E-state index in [1.165, 1.54) is 25.4 Å². The van der Waals surface area contributed by atoms with Crippen molar-refractivity contribution in [1.82, 2.24) is 5.32 Å². The van der Waals surface area contributed by atoms with Crippen molar-refractivity contribution in [3.63, 3.8) is 0 Å². The van der Waals surface area contributed by atoms with Crippen LogP contribution in [0.4, 0.5) is 0 Å². The highest BCUT2D eigenvalue weighted by atomic mass is 31.1. The summed E-state index contributed by atoms with van der Waals surface area (Å²) < 4.78 is 0. The Balaban J connectivity index is 3.85.